The molecule has 1 heterocycles. The van der Waals surface area contributed by atoms with Crippen molar-refractivity contribution in [3.05, 3.63) is 0 Å². The van der Waals surface area contributed by atoms with Crippen LogP contribution in [0.2, 0.25) is 0 Å². The third-order valence-corrected chi connectivity index (χ3v) is 2.60. The number of hydrogen-bond donors (Lipinski definition) is 3. The number of likely N-dealkylation sites (tertiary alicyclic amines) is 1. The Labute approximate surface area is 83.7 Å². The van der Waals surface area contributed by atoms with Crippen LogP contribution in [0.4, 0.5) is 4.79 Å². The van der Waals surface area contributed by atoms with Crippen molar-refractivity contribution in [2.45, 2.75) is 25.4 Å². The van der Waals surface area contributed by atoms with Gasteiger partial charge in [-0.1, -0.05) is 0 Å². The first kappa shape index (κ1) is 11.3. The lowest BCUT2D eigenvalue weighted by atomic mass is 9.93. The molecule has 1 fully saturated rings. The first-order valence-electron chi connectivity index (χ1n) is 4.97. The molecule has 5 heteroatoms. The summed E-state index contributed by atoms with van der Waals surface area (Å²) < 4.78 is 0. The molecule has 1 aliphatic heterocycles. The minimum Gasteiger partial charge on any atom is -0.393 e. The van der Waals surface area contributed by atoms with Gasteiger partial charge in [0.15, 0.2) is 0 Å². The van der Waals surface area contributed by atoms with Gasteiger partial charge in [0.05, 0.1) is 12.2 Å². The zero-order chi connectivity index (χ0) is 10.6. The van der Waals surface area contributed by atoms with Gasteiger partial charge in [-0.2, -0.15) is 0 Å². The highest BCUT2D eigenvalue weighted by Gasteiger charge is 2.32. The summed E-state index contributed by atoms with van der Waals surface area (Å²) in [5.74, 6) is 0. The molecule has 0 aromatic carbocycles. The van der Waals surface area contributed by atoms with Crippen LogP contribution in [0.5, 0.6) is 0 Å². The normalized spacial score (nSPS) is 20.6. The predicted octanol–water partition coefficient (Wildman–Crippen LogP) is -0.465. The van der Waals surface area contributed by atoms with Crippen LogP contribution in [0, 0.1) is 0 Å². The van der Waals surface area contributed by atoms with Gasteiger partial charge in [-0.15, -0.1) is 0 Å². The highest BCUT2D eigenvalue weighted by Crippen LogP contribution is 2.21. The third kappa shape index (κ3) is 2.59. The number of rotatable bonds is 2. The number of aliphatic hydroxyl groups is 2. The lowest BCUT2D eigenvalue weighted by molar-refractivity contribution is -0.0526. The highest BCUT2D eigenvalue weighted by molar-refractivity contribution is 5.74. The van der Waals surface area contributed by atoms with Crippen molar-refractivity contribution in [2.75, 3.05) is 26.2 Å². The number of carbonyl (C=O) groups excluding carboxylic acids is 1. The molecule has 0 saturated carbocycles. The van der Waals surface area contributed by atoms with Crippen molar-refractivity contribution in [1.82, 2.24) is 10.2 Å². The fraction of sp³-hybridized carbons (Fsp3) is 0.889. The van der Waals surface area contributed by atoms with Crippen LogP contribution in [0.3, 0.4) is 0 Å². The van der Waals surface area contributed by atoms with Crippen molar-refractivity contribution < 1.29 is 15.0 Å². The largest absolute Gasteiger partial charge is 0.393 e. The number of urea groups is 1. The first-order valence-corrected chi connectivity index (χ1v) is 4.97. The molecule has 0 radical (unpaired) electrons. The maximum atomic E-state index is 11.4. The molecule has 0 aromatic rings. The zero-order valence-corrected chi connectivity index (χ0v) is 8.49. The topological polar surface area (TPSA) is 72.8 Å². The van der Waals surface area contributed by atoms with E-state index >= 15 is 0 Å². The van der Waals surface area contributed by atoms with Crippen LogP contribution in [-0.2, 0) is 0 Å². The van der Waals surface area contributed by atoms with E-state index in [0.717, 1.165) is 0 Å². The highest BCUT2D eigenvalue weighted by atomic mass is 16.3. The number of nitrogens with zero attached hydrogens (tertiary/aromatic N) is 1. The average Bonchev–Trinajstić information content (AvgIpc) is 2.19. The van der Waals surface area contributed by atoms with Gasteiger partial charge in [0.25, 0.3) is 0 Å². The van der Waals surface area contributed by atoms with E-state index in [4.69, 9.17) is 5.11 Å². The van der Waals surface area contributed by atoms with E-state index < -0.39 is 5.60 Å². The van der Waals surface area contributed by atoms with Gasteiger partial charge in [0, 0.05) is 19.6 Å². The third-order valence-electron chi connectivity index (χ3n) is 2.60. The number of hydrogen-bond acceptors (Lipinski definition) is 3. The molecule has 2 amide bonds. The monoisotopic (exact) mass is 202 g/mol. The fourth-order valence-corrected chi connectivity index (χ4v) is 1.55. The number of piperidine rings is 1. The molecule has 1 aliphatic rings. The van der Waals surface area contributed by atoms with Crippen LogP contribution in [-0.4, -0.2) is 53.0 Å². The first-order chi connectivity index (χ1) is 6.61. The van der Waals surface area contributed by atoms with Gasteiger partial charge >= 0.3 is 6.03 Å². The van der Waals surface area contributed by atoms with Crippen molar-refractivity contribution in [2.24, 2.45) is 0 Å². The molecule has 0 aliphatic carbocycles. The Morgan fingerprint density at radius 2 is 2.07 bits per heavy atom. The SMILES string of the molecule is CCNC(=O)N1CCC(O)(CO)CC1. The quantitative estimate of drug-likeness (QED) is 0.567. The molecule has 0 unspecified atom stereocenters. The molecule has 82 valence electrons. The Morgan fingerprint density at radius 3 is 2.50 bits per heavy atom. The van der Waals surface area contributed by atoms with Crippen LogP contribution in [0.1, 0.15) is 19.8 Å². The summed E-state index contributed by atoms with van der Waals surface area (Å²) in [6.07, 6.45) is 0.890. The predicted molar refractivity (Wildman–Crippen MR) is 51.9 cm³/mol. The molecule has 0 aromatic heterocycles. The summed E-state index contributed by atoms with van der Waals surface area (Å²) in [5, 5.41) is 21.3. The molecule has 3 N–H and O–H groups in total. The average molecular weight is 202 g/mol. The number of carbonyl (C=O) groups is 1. The van der Waals surface area contributed by atoms with Crippen LogP contribution in [0.25, 0.3) is 0 Å². The molecular weight excluding hydrogens is 184 g/mol. The Balaban J connectivity index is 2.39. The summed E-state index contributed by atoms with van der Waals surface area (Å²) in [4.78, 5) is 13.0. The standard InChI is InChI=1S/C9H18N2O3/c1-2-10-8(13)11-5-3-9(14,7-12)4-6-11/h12,14H,2-7H2,1H3,(H,10,13). The van der Waals surface area contributed by atoms with E-state index in [1.54, 1.807) is 4.90 Å². The molecular formula is C9H18N2O3. The van der Waals surface area contributed by atoms with E-state index in [2.05, 4.69) is 5.32 Å². The Kier molecular flexibility index (Phi) is 3.71. The van der Waals surface area contributed by atoms with Gasteiger partial charge in [0.1, 0.15) is 0 Å². The molecule has 1 saturated heterocycles. The molecule has 1 rings (SSSR count). The second-order valence-corrected chi connectivity index (χ2v) is 3.70. The molecule has 0 atom stereocenters. The van der Waals surface area contributed by atoms with E-state index in [-0.39, 0.29) is 12.6 Å². The van der Waals surface area contributed by atoms with Gasteiger partial charge in [0.2, 0.25) is 0 Å². The summed E-state index contributed by atoms with van der Waals surface area (Å²) in [7, 11) is 0. The van der Waals surface area contributed by atoms with E-state index in [9.17, 15) is 9.90 Å². The smallest absolute Gasteiger partial charge is 0.317 e. The molecule has 14 heavy (non-hydrogen) atoms. The fourth-order valence-electron chi connectivity index (χ4n) is 1.55. The van der Waals surface area contributed by atoms with Crippen molar-refractivity contribution in [3.8, 4) is 0 Å². The van der Waals surface area contributed by atoms with Gasteiger partial charge in [-0.25, -0.2) is 4.79 Å². The molecule has 0 spiro atoms. The van der Waals surface area contributed by atoms with Crippen LogP contribution in [0.15, 0.2) is 0 Å². The second-order valence-electron chi connectivity index (χ2n) is 3.70. The van der Waals surface area contributed by atoms with Gasteiger partial charge in [-0.05, 0) is 19.8 Å². The second kappa shape index (κ2) is 4.61. The maximum absolute atomic E-state index is 11.4. The lowest BCUT2D eigenvalue weighted by Gasteiger charge is -2.36. The zero-order valence-electron chi connectivity index (χ0n) is 8.49. The van der Waals surface area contributed by atoms with E-state index in [1.165, 1.54) is 0 Å². The van der Waals surface area contributed by atoms with E-state index in [1.807, 2.05) is 6.92 Å². The molecule has 0 bridgehead atoms. The van der Waals surface area contributed by atoms with Gasteiger partial charge in [-0.3, -0.25) is 0 Å². The summed E-state index contributed by atoms with van der Waals surface area (Å²) in [6.45, 7) is 3.26. The number of amides is 2. The van der Waals surface area contributed by atoms with Crippen molar-refractivity contribution >= 4 is 6.03 Å². The Morgan fingerprint density at radius 1 is 1.50 bits per heavy atom. The van der Waals surface area contributed by atoms with Crippen LogP contribution >= 0.6 is 0 Å². The van der Waals surface area contributed by atoms with Crippen molar-refractivity contribution in [3.63, 3.8) is 0 Å². The van der Waals surface area contributed by atoms with Crippen LogP contribution < -0.4 is 5.32 Å². The summed E-state index contributed by atoms with van der Waals surface area (Å²) in [6, 6.07) is -0.0903. The number of nitrogens with one attached hydrogen (secondary N) is 1. The maximum Gasteiger partial charge on any atom is 0.317 e. The minimum absolute atomic E-state index is 0.0903. The summed E-state index contributed by atoms with van der Waals surface area (Å²) in [5.41, 5.74) is -0.983. The minimum atomic E-state index is -0.983. The lowest BCUT2D eigenvalue weighted by Crippen LogP contribution is -2.51. The van der Waals surface area contributed by atoms with E-state index in [0.29, 0.717) is 32.5 Å². The Bertz CT molecular complexity index is 200. The Hall–Kier alpha value is -0.810. The van der Waals surface area contributed by atoms with Crippen molar-refractivity contribution in [1.29, 1.82) is 0 Å². The number of aliphatic hydroxyl groups excluding tert-OH is 1. The summed E-state index contributed by atoms with van der Waals surface area (Å²) >= 11 is 0. The van der Waals surface area contributed by atoms with Gasteiger partial charge < -0.3 is 20.4 Å². The molecule has 5 nitrogen and oxygen atoms in total.